The molecule has 0 bridgehead atoms. The maximum absolute atomic E-state index is 12.6. The van der Waals surface area contributed by atoms with Crippen molar-refractivity contribution in [1.29, 1.82) is 0 Å². The summed E-state index contributed by atoms with van der Waals surface area (Å²) >= 11 is 0. The van der Waals surface area contributed by atoms with Crippen LogP contribution in [0.1, 0.15) is 16.1 Å². The zero-order valence-corrected chi connectivity index (χ0v) is 15.9. The molecule has 1 heterocycles. The first kappa shape index (κ1) is 19.2. The Balaban J connectivity index is 1.69. The van der Waals surface area contributed by atoms with Gasteiger partial charge in [0.25, 0.3) is 15.9 Å². The van der Waals surface area contributed by atoms with Crippen molar-refractivity contribution in [3.63, 3.8) is 0 Å². The van der Waals surface area contributed by atoms with E-state index in [-0.39, 0.29) is 4.90 Å². The summed E-state index contributed by atoms with van der Waals surface area (Å²) in [6.45, 7) is 0. The summed E-state index contributed by atoms with van der Waals surface area (Å²) in [5.74, 6) is -0.410. The molecule has 1 amide bonds. The number of nitrogens with zero attached hydrogens (tertiary/aromatic N) is 3. The average molecular weight is 394 g/mol. The Morgan fingerprint density at radius 1 is 1.00 bits per heavy atom. The first-order valence-corrected chi connectivity index (χ1v) is 9.81. The van der Waals surface area contributed by atoms with Crippen LogP contribution in [0.4, 0.5) is 5.69 Å². The lowest BCUT2D eigenvalue weighted by atomic mass is 10.2. The number of carbonyl (C=O) groups excluding carboxylic acids is 1. The standard InChI is InChI=1S/C20H18N4O3S/c1-24(28(26,27)19-8-3-2-4-9-19)18-12-10-16(11-13-18)20(25)23-22-15-17-7-5-6-14-21-17/h2-15H,1H3,(H,23,25)/b22-15-. The molecule has 3 aromatic rings. The summed E-state index contributed by atoms with van der Waals surface area (Å²) in [5, 5.41) is 3.86. The van der Waals surface area contributed by atoms with Crippen LogP contribution in [-0.4, -0.2) is 32.6 Å². The van der Waals surface area contributed by atoms with E-state index in [4.69, 9.17) is 0 Å². The number of hydrazone groups is 1. The number of hydrogen-bond acceptors (Lipinski definition) is 5. The van der Waals surface area contributed by atoms with E-state index < -0.39 is 15.9 Å². The van der Waals surface area contributed by atoms with Crippen LogP contribution >= 0.6 is 0 Å². The van der Waals surface area contributed by atoms with E-state index in [1.54, 1.807) is 48.7 Å². The van der Waals surface area contributed by atoms with Crippen LogP contribution in [0.5, 0.6) is 0 Å². The number of carbonyl (C=O) groups is 1. The first-order chi connectivity index (χ1) is 13.5. The minimum Gasteiger partial charge on any atom is -0.269 e. The number of amides is 1. The van der Waals surface area contributed by atoms with Gasteiger partial charge < -0.3 is 0 Å². The average Bonchev–Trinajstić information content (AvgIpc) is 2.74. The van der Waals surface area contributed by atoms with Gasteiger partial charge >= 0.3 is 0 Å². The smallest absolute Gasteiger partial charge is 0.269 e. The van der Waals surface area contributed by atoms with E-state index in [9.17, 15) is 13.2 Å². The highest BCUT2D eigenvalue weighted by Gasteiger charge is 2.21. The fourth-order valence-electron chi connectivity index (χ4n) is 2.39. The molecule has 0 aliphatic rings. The number of hydrogen-bond donors (Lipinski definition) is 1. The molecule has 8 heteroatoms. The van der Waals surface area contributed by atoms with Crippen LogP contribution in [0.2, 0.25) is 0 Å². The molecular weight excluding hydrogens is 376 g/mol. The topological polar surface area (TPSA) is 91.7 Å². The van der Waals surface area contributed by atoms with Crippen molar-refractivity contribution in [2.75, 3.05) is 11.4 Å². The zero-order valence-electron chi connectivity index (χ0n) is 15.1. The molecule has 0 fully saturated rings. The number of anilines is 1. The van der Waals surface area contributed by atoms with Crippen LogP contribution in [0, 0.1) is 0 Å². The lowest BCUT2D eigenvalue weighted by Gasteiger charge is -2.19. The van der Waals surface area contributed by atoms with Gasteiger partial charge in [0.05, 0.1) is 22.5 Å². The highest BCUT2D eigenvalue weighted by molar-refractivity contribution is 7.92. The van der Waals surface area contributed by atoms with E-state index in [2.05, 4.69) is 15.5 Å². The Kier molecular flexibility index (Phi) is 5.81. The van der Waals surface area contributed by atoms with Crippen LogP contribution < -0.4 is 9.73 Å². The Morgan fingerprint density at radius 2 is 1.68 bits per heavy atom. The molecular formula is C20H18N4O3S. The molecule has 0 aliphatic heterocycles. The molecule has 28 heavy (non-hydrogen) atoms. The molecule has 0 saturated carbocycles. The number of sulfonamides is 1. The summed E-state index contributed by atoms with van der Waals surface area (Å²) < 4.78 is 26.5. The third-order valence-corrected chi connectivity index (χ3v) is 5.75. The molecule has 7 nitrogen and oxygen atoms in total. The summed E-state index contributed by atoms with van der Waals surface area (Å²) in [6, 6.07) is 19.7. The lowest BCUT2D eigenvalue weighted by molar-refractivity contribution is 0.0955. The van der Waals surface area contributed by atoms with E-state index >= 15 is 0 Å². The minimum absolute atomic E-state index is 0.197. The van der Waals surface area contributed by atoms with Crippen molar-refractivity contribution in [2.24, 2.45) is 5.10 Å². The predicted molar refractivity (Wildman–Crippen MR) is 108 cm³/mol. The van der Waals surface area contributed by atoms with Gasteiger partial charge in [0.2, 0.25) is 0 Å². The van der Waals surface area contributed by atoms with Crippen LogP contribution in [0.25, 0.3) is 0 Å². The first-order valence-electron chi connectivity index (χ1n) is 8.37. The monoisotopic (exact) mass is 394 g/mol. The molecule has 0 aliphatic carbocycles. The highest BCUT2D eigenvalue weighted by Crippen LogP contribution is 2.22. The maximum atomic E-state index is 12.6. The Bertz CT molecular complexity index is 1070. The molecule has 0 saturated heterocycles. The summed E-state index contributed by atoms with van der Waals surface area (Å²) in [4.78, 5) is 16.4. The molecule has 0 atom stereocenters. The van der Waals surface area contributed by atoms with Crippen LogP contribution in [0.3, 0.4) is 0 Å². The van der Waals surface area contributed by atoms with Crippen molar-refractivity contribution < 1.29 is 13.2 Å². The van der Waals surface area contributed by atoms with Crippen molar-refractivity contribution in [3.8, 4) is 0 Å². The molecule has 1 aromatic heterocycles. The molecule has 142 valence electrons. The SMILES string of the molecule is CN(c1ccc(C(=O)N/N=C\c2ccccn2)cc1)S(=O)(=O)c1ccccc1. The van der Waals surface area contributed by atoms with Gasteiger partial charge in [-0.15, -0.1) is 0 Å². The zero-order chi connectivity index (χ0) is 20.0. The van der Waals surface area contributed by atoms with Crippen molar-refractivity contribution in [1.82, 2.24) is 10.4 Å². The van der Waals surface area contributed by atoms with Crippen LogP contribution in [-0.2, 0) is 10.0 Å². The van der Waals surface area contributed by atoms with E-state index in [0.29, 0.717) is 16.9 Å². The van der Waals surface area contributed by atoms with Gasteiger partial charge in [0, 0.05) is 18.8 Å². The van der Waals surface area contributed by atoms with Crippen LogP contribution in [0.15, 0.2) is 89.0 Å². The number of nitrogens with one attached hydrogen (secondary N) is 1. The van der Waals surface area contributed by atoms with Gasteiger partial charge in [0.15, 0.2) is 0 Å². The molecule has 0 spiro atoms. The summed E-state index contributed by atoms with van der Waals surface area (Å²) in [5.41, 5.74) is 3.82. The predicted octanol–water partition coefficient (Wildman–Crippen LogP) is 2.67. The summed E-state index contributed by atoms with van der Waals surface area (Å²) in [6.07, 6.45) is 3.06. The molecule has 0 radical (unpaired) electrons. The third-order valence-electron chi connectivity index (χ3n) is 3.95. The number of aromatic nitrogens is 1. The number of pyridine rings is 1. The largest absolute Gasteiger partial charge is 0.271 e. The van der Waals surface area contributed by atoms with Gasteiger partial charge in [-0.1, -0.05) is 24.3 Å². The van der Waals surface area contributed by atoms with Crippen molar-refractivity contribution in [2.45, 2.75) is 4.90 Å². The number of rotatable bonds is 6. The quantitative estimate of drug-likeness (QED) is 0.514. The van der Waals surface area contributed by atoms with Crippen molar-refractivity contribution in [3.05, 3.63) is 90.3 Å². The molecule has 1 N–H and O–H groups in total. The normalized spacial score (nSPS) is 11.3. The minimum atomic E-state index is -3.67. The van der Waals surface area contributed by atoms with E-state index in [0.717, 1.165) is 0 Å². The second-order valence-electron chi connectivity index (χ2n) is 5.79. The highest BCUT2D eigenvalue weighted by atomic mass is 32.2. The Morgan fingerprint density at radius 3 is 2.32 bits per heavy atom. The van der Waals surface area contributed by atoms with E-state index in [1.165, 1.54) is 41.8 Å². The van der Waals surface area contributed by atoms with Gasteiger partial charge in [-0.05, 0) is 48.5 Å². The van der Waals surface area contributed by atoms with Crippen molar-refractivity contribution >= 4 is 27.8 Å². The Hall–Kier alpha value is -3.52. The molecule has 0 unspecified atom stereocenters. The third kappa shape index (κ3) is 4.41. The lowest BCUT2D eigenvalue weighted by Crippen LogP contribution is -2.26. The van der Waals surface area contributed by atoms with E-state index in [1.807, 2.05) is 6.07 Å². The second kappa shape index (κ2) is 8.45. The molecule has 3 rings (SSSR count). The fourth-order valence-corrected chi connectivity index (χ4v) is 3.60. The fraction of sp³-hybridized carbons (Fsp3) is 0.0500. The second-order valence-corrected chi connectivity index (χ2v) is 7.76. The van der Waals surface area contributed by atoms with Gasteiger partial charge in [0.1, 0.15) is 0 Å². The Labute approximate surface area is 163 Å². The number of benzene rings is 2. The van der Waals surface area contributed by atoms with Gasteiger partial charge in [-0.2, -0.15) is 5.10 Å². The maximum Gasteiger partial charge on any atom is 0.271 e. The van der Waals surface area contributed by atoms with Gasteiger partial charge in [-0.25, -0.2) is 13.8 Å². The molecule has 2 aromatic carbocycles. The summed E-state index contributed by atoms with van der Waals surface area (Å²) in [7, 11) is -2.20. The van der Waals surface area contributed by atoms with Gasteiger partial charge in [-0.3, -0.25) is 14.1 Å².